The van der Waals surface area contributed by atoms with Crippen LogP contribution < -0.4 is 9.47 Å². The summed E-state index contributed by atoms with van der Waals surface area (Å²) in [5.41, 5.74) is 1.64. The van der Waals surface area contributed by atoms with Crippen LogP contribution in [0.4, 0.5) is 0 Å². The molecule has 2 heterocycles. The Labute approximate surface area is 129 Å². The van der Waals surface area contributed by atoms with Crippen LogP contribution in [0.15, 0.2) is 16.7 Å². The number of aromatic nitrogens is 1. The summed E-state index contributed by atoms with van der Waals surface area (Å²) >= 11 is 0. The largest absolute Gasteiger partial charge is 0.493 e. The Morgan fingerprint density at radius 3 is 2.45 bits per heavy atom. The van der Waals surface area contributed by atoms with Crippen LogP contribution in [0.2, 0.25) is 0 Å². The molecule has 1 amide bonds. The second-order valence-corrected chi connectivity index (χ2v) is 5.55. The zero-order chi connectivity index (χ0) is 15.7. The number of methoxy groups -OCH3 is 2. The zero-order valence-electron chi connectivity index (χ0n) is 13.1. The average Bonchev–Trinajstić information content (AvgIpc) is 2.96. The number of ether oxygens (including phenoxy) is 2. The van der Waals surface area contributed by atoms with Crippen molar-refractivity contribution in [3.05, 3.63) is 17.8 Å². The molecule has 0 radical (unpaired) electrons. The lowest BCUT2D eigenvalue weighted by molar-refractivity contribution is -0.129. The van der Waals surface area contributed by atoms with E-state index in [4.69, 9.17) is 14.0 Å². The Kier molecular flexibility index (Phi) is 3.92. The molecular formula is C16H20N2O4. The summed E-state index contributed by atoms with van der Waals surface area (Å²) in [5.74, 6) is 1.73. The summed E-state index contributed by atoms with van der Waals surface area (Å²) in [7, 11) is 3.21. The summed E-state index contributed by atoms with van der Waals surface area (Å²) in [4.78, 5) is 13.3. The van der Waals surface area contributed by atoms with E-state index in [1.54, 1.807) is 27.2 Å². The maximum Gasteiger partial charge on any atom is 0.219 e. The minimum atomic E-state index is 0.134. The van der Waals surface area contributed by atoms with Crippen molar-refractivity contribution in [2.24, 2.45) is 0 Å². The van der Waals surface area contributed by atoms with E-state index in [1.165, 1.54) is 0 Å². The number of fused-ring (bicyclic) bond motifs is 1. The number of carbonyl (C=O) groups is 1. The Hall–Kier alpha value is -2.24. The van der Waals surface area contributed by atoms with Gasteiger partial charge < -0.3 is 18.9 Å². The number of amides is 1. The first-order valence-electron chi connectivity index (χ1n) is 7.41. The summed E-state index contributed by atoms with van der Waals surface area (Å²) in [5, 5.41) is 5.21. The zero-order valence-corrected chi connectivity index (χ0v) is 13.1. The van der Waals surface area contributed by atoms with Crippen molar-refractivity contribution in [2.45, 2.75) is 25.7 Å². The van der Waals surface area contributed by atoms with E-state index in [0.29, 0.717) is 23.0 Å². The smallest absolute Gasteiger partial charge is 0.219 e. The van der Waals surface area contributed by atoms with E-state index in [1.807, 2.05) is 11.0 Å². The Bertz CT molecular complexity index is 687. The van der Waals surface area contributed by atoms with Gasteiger partial charge in [-0.3, -0.25) is 4.79 Å². The van der Waals surface area contributed by atoms with E-state index < -0.39 is 0 Å². The molecule has 0 unspecified atom stereocenters. The van der Waals surface area contributed by atoms with Gasteiger partial charge in [-0.2, -0.15) is 0 Å². The van der Waals surface area contributed by atoms with Crippen molar-refractivity contribution in [3.8, 4) is 11.5 Å². The van der Waals surface area contributed by atoms with Gasteiger partial charge in [0.05, 0.1) is 19.9 Å². The number of benzene rings is 1. The van der Waals surface area contributed by atoms with Crippen LogP contribution >= 0.6 is 0 Å². The van der Waals surface area contributed by atoms with Crippen molar-refractivity contribution in [1.29, 1.82) is 0 Å². The molecule has 0 spiro atoms. The lowest BCUT2D eigenvalue weighted by Gasteiger charge is -2.30. The first-order valence-corrected chi connectivity index (χ1v) is 7.41. The molecular weight excluding hydrogens is 284 g/mol. The van der Waals surface area contributed by atoms with E-state index in [2.05, 4.69) is 5.16 Å². The van der Waals surface area contributed by atoms with Crippen LogP contribution in [-0.2, 0) is 4.79 Å². The minimum Gasteiger partial charge on any atom is -0.493 e. The second kappa shape index (κ2) is 5.87. The highest BCUT2D eigenvalue weighted by molar-refractivity contribution is 5.84. The monoisotopic (exact) mass is 304 g/mol. The number of hydrogen-bond acceptors (Lipinski definition) is 5. The number of rotatable bonds is 3. The third kappa shape index (κ3) is 2.49. The highest BCUT2D eigenvalue weighted by atomic mass is 16.5. The van der Waals surface area contributed by atoms with Gasteiger partial charge in [-0.1, -0.05) is 5.16 Å². The van der Waals surface area contributed by atoms with E-state index in [9.17, 15) is 4.79 Å². The average molecular weight is 304 g/mol. The summed E-state index contributed by atoms with van der Waals surface area (Å²) in [6.07, 6.45) is 1.80. The molecule has 0 saturated carbocycles. The number of piperidine rings is 1. The van der Waals surface area contributed by atoms with Gasteiger partial charge in [-0.15, -0.1) is 0 Å². The number of likely N-dealkylation sites (tertiary alicyclic amines) is 1. The molecule has 1 aromatic carbocycles. The molecule has 1 aromatic heterocycles. The molecule has 6 heteroatoms. The van der Waals surface area contributed by atoms with Crippen molar-refractivity contribution in [2.75, 3.05) is 27.3 Å². The van der Waals surface area contributed by atoms with E-state index in [-0.39, 0.29) is 5.91 Å². The maximum absolute atomic E-state index is 11.4. The van der Waals surface area contributed by atoms with Crippen molar-refractivity contribution in [3.63, 3.8) is 0 Å². The first-order chi connectivity index (χ1) is 10.6. The maximum atomic E-state index is 11.4. The van der Waals surface area contributed by atoms with Gasteiger partial charge in [-0.05, 0) is 18.9 Å². The quantitative estimate of drug-likeness (QED) is 0.872. The van der Waals surface area contributed by atoms with Gasteiger partial charge in [0.25, 0.3) is 0 Å². The number of carbonyl (C=O) groups excluding carboxylic acids is 1. The number of hydrogen-bond donors (Lipinski definition) is 0. The molecule has 6 nitrogen and oxygen atoms in total. The molecule has 0 N–H and O–H groups in total. The lowest BCUT2D eigenvalue weighted by atomic mass is 9.91. The standard InChI is InChI=1S/C16H20N2O4/c1-10(19)18-6-4-11(5-7-18)16-12-8-14(20-2)15(21-3)9-13(12)22-17-16/h8-9,11H,4-7H2,1-3H3. The molecule has 0 atom stereocenters. The fourth-order valence-electron chi connectivity index (χ4n) is 3.05. The normalized spacial score (nSPS) is 16.0. The summed E-state index contributed by atoms with van der Waals surface area (Å²) < 4.78 is 16.1. The van der Waals surface area contributed by atoms with Crippen LogP contribution in [-0.4, -0.2) is 43.3 Å². The fourth-order valence-corrected chi connectivity index (χ4v) is 3.05. The van der Waals surface area contributed by atoms with Crippen LogP contribution in [0, 0.1) is 0 Å². The molecule has 0 bridgehead atoms. The van der Waals surface area contributed by atoms with Crippen LogP contribution in [0.5, 0.6) is 11.5 Å². The van der Waals surface area contributed by atoms with Crippen LogP contribution in [0.25, 0.3) is 11.0 Å². The summed E-state index contributed by atoms with van der Waals surface area (Å²) in [6, 6.07) is 3.71. The van der Waals surface area contributed by atoms with E-state index >= 15 is 0 Å². The SMILES string of the molecule is COc1cc2onc(C3CCN(C(C)=O)CC3)c2cc1OC. The molecule has 118 valence electrons. The van der Waals surface area contributed by atoms with E-state index in [0.717, 1.165) is 37.0 Å². The molecule has 1 fully saturated rings. The van der Waals surface area contributed by atoms with Gasteiger partial charge in [-0.25, -0.2) is 0 Å². The van der Waals surface area contributed by atoms with Crippen molar-refractivity contribution >= 4 is 16.9 Å². The second-order valence-electron chi connectivity index (χ2n) is 5.55. The predicted molar refractivity (Wildman–Crippen MR) is 81.3 cm³/mol. The highest BCUT2D eigenvalue weighted by Crippen LogP contribution is 2.38. The molecule has 0 aliphatic carbocycles. The Morgan fingerprint density at radius 2 is 1.86 bits per heavy atom. The molecule has 22 heavy (non-hydrogen) atoms. The van der Waals surface area contributed by atoms with Gasteiger partial charge in [0, 0.05) is 37.4 Å². The molecule has 1 aliphatic rings. The third-order valence-electron chi connectivity index (χ3n) is 4.33. The first kappa shape index (κ1) is 14.7. The number of nitrogens with zero attached hydrogens (tertiary/aromatic N) is 2. The van der Waals surface area contributed by atoms with Gasteiger partial charge in [0.1, 0.15) is 0 Å². The van der Waals surface area contributed by atoms with Crippen LogP contribution in [0.3, 0.4) is 0 Å². The fraction of sp³-hybridized carbons (Fsp3) is 0.500. The predicted octanol–water partition coefficient (Wildman–Crippen LogP) is 2.57. The van der Waals surface area contributed by atoms with Gasteiger partial charge in [0.2, 0.25) is 5.91 Å². The van der Waals surface area contributed by atoms with Gasteiger partial charge >= 0.3 is 0 Å². The Balaban J connectivity index is 1.90. The molecule has 1 saturated heterocycles. The lowest BCUT2D eigenvalue weighted by Crippen LogP contribution is -2.36. The van der Waals surface area contributed by atoms with Gasteiger partial charge in [0.15, 0.2) is 17.1 Å². The van der Waals surface area contributed by atoms with Crippen molar-refractivity contribution in [1.82, 2.24) is 10.1 Å². The molecule has 2 aromatic rings. The topological polar surface area (TPSA) is 64.8 Å². The molecule has 1 aliphatic heterocycles. The highest BCUT2D eigenvalue weighted by Gasteiger charge is 2.26. The molecule has 3 rings (SSSR count). The summed E-state index contributed by atoms with van der Waals surface area (Å²) in [6.45, 7) is 3.15. The minimum absolute atomic E-state index is 0.134. The van der Waals surface area contributed by atoms with Crippen molar-refractivity contribution < 1.29 is 18.8 Å². The third-order valence-corrected chi connectivity index (χ3v) is 4.33. The van der Waals surface area contributed by atoms with Crippen LogP contribution in [0.1, 0.15) is 31.4 Å². The Morgan fingerprint density at radius 1 is 1.23 bits per heavy atom.